The van der Waals surface area contributed by atoms with E-state index in [2.05, 4.69) is 4.98 Å². The van der Waals surface area contributed by atoms with Crippen LogP contribution in [0.25, 0.3) is 11.0 Å². The molecule has 0 amide bonds. The number of Topliss-reactive ketones (excluding diaryl/α,β-unsaturated/α-hetero) is 1. The summed E-state index contributed by atoms with van der Waals surface area (Å²) in [6, 6.07) is 9.41. The zero-order chi connectivity index (χ0) is 12.4. The molecule has 2 aromatic heterocycles. The van der Waals surface area contributed by atoms with Crippen LogP contribution in [0.2, 0.25) is 0 Å². The summed E-state index contributed by atoms with van der Waals surface area (Å²) in [5.74, 6) is 0.763. The third-order valence-corrected chi connectivity index (χ3v) is 4.40. The van der Waals surface area contributed by atoms with Crippen LogP contribution < -0.4 is 0 Å². The van der Waals surface area contributed by atoms with Crippen molar-refractivity contribution in [2.24, 2.45) is 0 Å². The average Bonchev–Trinajstić information content (AvgIpc) is 3.04. The van der Waals surface area contributed by atoms with E-state index in [9.17, 15) is 4.79 Å². The highest BCUT2D eigenvalue weighted by molar-refractivity contribution is 8.01. The summed E-state index contributed by atoms with van der Waals surface area (Å²) in [5.41, 5.74) is 0.750. The molecule has 0 atom stereocenters. The quantitative estimate of drug-likeness (QED) is 0.535. The fourth-order valence-corrected chi connectivity index (χ4v) is 3.11. The number of thioether (sulfide) groups is 1. The van der Waals surface area contributed by atoms with Crippen LogP contribution in [0.15, 0.2) is 50.7 Å². The number of nitrogens with zero attached hydrogens (tertiary/aromatic N) is 1. The van der Waals surface area contributed by atoms with Gasteiger partial charge in [0.2, 0.25) is 5.78 Å². The van der Waals surface area contributed by atoms with Crippen molar-refractivity contribution >= 4 is 39.9 Å². The van der Waals surface area contributed by atoms with Crippen molar-refractivity contribution in [2.45, 2.75) is 4.34 Å². The van der Waals surface area contributed by atoms with E-state index in [0.29, 0.717) is 11.5 Å². The summed E-state index contributed by atoms with van der Waals surface area (Å²) in [5, 5.41) is 2.86. The maximum atomic E-state index is 12.0. The minimum Gasteiger partial charge on any atom is -0.453 e. The lowest BCUT2D eigenvalue weighted by Crippen LogP contribution is -1.99. The molecule has 3 aromatic rings. The van der Waals surface area contributed by atoms with Crippen molar-refractivity contribution in [3.63, 3.8) is 0 Å². The SMILES string of the molecule is O=C(CSc1nccs1)c1cc2ccccc2o1. The number of fused-ring (bicyclic) bond motifs is 1. The number of aromatic nitrogens is 1. The van der Waals surface area contributed by atoms with E-state index in [-0.39, 0.29) is 5.78 Å². The van der Waals surface area contributed by atoms with E-state index in [0.717, 1.165) is 15.3 Å². The first kappa shape index (κ1) is 11.5. The van der Waals surface area contributed by atoms with Crippen molar-refractivity contribution in [3.8, 4) is 0 Å². The molecule has 0 aliphatic carbocycles. The Hall–Kier alpha value is -1.59. The molecule has 90 valence electrons. The van der Waals surface area contributed by atoms with E-state index in [1.165, 1.54) is 23.1 Å². The van der Waals surface area contributed by atoms with Crippen LogP contribution in [0.3, 0.4) is 0 Å². The van der Waals surface area contributed by atoms with Gasteiger partial charge in [-0.25, -0.2) is 4.98 Å². The molecule has 5 heteroatoms. The molecule has 0 spiro atoms. The van der Waals surface area contributed by atoms with Crippen molar-refractivity contribution in [1.29, 1.82) is 0 Å². The van der Waals surface area contributed by atoms with E-state index in [4.69, 9.17) is 4.42 Å². The minimum absolute atomic E-state index is 0.00796. The minimum atomic E-state index is -0.00796. The van der Waals surface area contributed by atoms with Crippen LogP contribution in [0, 0.1) is 0 Å². The molecule has 0 aliphatic heterocycles. The van der Waals surface area contributed by atoms with Crippen LogP contribution in [0.1, 0.15) is 10.6 Å². The molecular formula is C13H9NO2S2. The zero-order valence-corrected chi connectivity index (χ0v) is 11.0. The molecule has 0 fully saturated rings. The Balaban J connectivity index is 1.75. The van der Waals surface area contributed by atoms with Crippen molar-refractivity contribution in [1.82, 2.24) is 4.98 Å². The molecule has 0 saturated heterocycles. The van der Waals surface area contributed by atoms with Gasteiger partial charge in [0.15, 0.2) is 5.76 Å². The molecule has 2 heterocycles. The number of hydrogen-bond donors (Lipinski definition) is 0. The number of carbonyl (C=O) groups is 1. The fourth-order valence-electron chi connectivity index (χ4n) is 1.60. The van der Waals surface area contributed by atoms with Gasteiger partial charge in [0.05, 0.1) is 5.75 Å². The van der Waals surface area contributed by atoms with Gasteiger partial charge >= 0.3 is 0 Å². The molecule has 3 rings (SSSR count). The molecule has 0 aliphatic rings. The van der Waals surface area contributed by atoms with E-state index < -0.39 is 0 Å². The maximum absolute atomic E-state index is 12.0. The lowest BCUT2D eigenvalue weighted by atomic mass is 10.2. The summed E-state index contributed by atoms with van der Waals surface area (Å²) in [7, 11) is 0. The van der Waals surface area contributed by atoms with Crippen molar-refractivity contribution < 1.29 is 9.21 Å². The number of furan rings is 1. The van der Waals surface area contributed by atoms with Gasteiger partial charge in [-0.05, 0) is 12.1 Å². The van der Waals surface area contributed by atoms with Crippen LogP contribution in [0.5, 0.6) is 0 Å². The van der Waals surface area contributed by atoms with E-state index >= 15 is 0 Å². The summed E-state index contributed by atoms with van der Waals surface area (Å²) >= 11 is 2.97. The molecule has 3 nitrogen and oxygen atoms in total. The fraction of sp³-hybridized carbons (Fsp3) is 0.0769. The molecule has 0 unspecified atom stereocenters. The van der Waals surface area contributed by atoms with Gasteiger partial charge in [-0.3, -0.25) is 4.79 Å². The van der Waals surface area contributed by atoms with Gasteiger partial charge in [0.1, 0.15) is 9.92 Å². The first-order chi connectivity index (χ1) is 8.83. The number of para-hydroxylation sites is 1. The predicted molar refractivity (Wildman–Crippen MR) is 73.4 cm³/mol. The first-order valence-corrected chi connectivity index (χ1v) is 7.23. The summed E-state index contributed by atoms with van der Waals surface area (Å²) in [6.45, 7) is 0. The average molecular weight is 275 g/mol. The Morgan fingerprint density at radius 3 is 3.06 bits per heavy atom. The predicted octanol–water partition coefficient (Wildman–Crippen LogP) is 3.86. The first-order valence-electron chi connectivity index (χ1n) is 5.37. The highest BCUT2D eigenvalue weighted by Crippen LogP contribution is 2.24. The van der Waals surface area contributed by atoms with Crippen LogP contribution >= 0.6 is 23.1 Å². The number of rotatable bonds is 4. The molecule has 18 heavy (non-hydrogen) atoms. The number of thiazole rings is 1. The number of carbonyl (C=O) groups excluding carboxylic acids is 1. The lowest BCUT2D eigenvalue weighted by Gasteiger charge is -1.94. The van der Waals surface area contributed by atoms with Gasteiger partial charge in [0, 0.05) is 17.0 Å². The van der Waals surface area contributed by atoms with Crippen molar-refractivity contribution in [2.75, 3.05) is 5.75 Å². The third kappa shape index (κ3) is 2.32. The van der Waals surface area contributed by atoms with Gasteiger partial charge < -0.3 is 4.42 Å². The van der Waals surface area contributed by atoms with Crippen LogP contribution in [-0.2, 0) is 0 Å². The Morgan fingerprint density at radius 2 is 2.28 bits per heavy atom. The standard InChI is InChI=1S/C13H9NO2S2/c15-10(8-18-13-14-5-6-17-13)12-7-9-3-1-2-4-11(9)16-12/h1-7H,8H2. The second kappa shape index (κ2) is 4.96. The Labute approximate surface area is 112 Å². The van der Waals surface area contributed by atoms with E-state index in [1.54, 1.807) is 12.3 Å². The van der Waals surface area contributed by atoms with Crippen LogP contribution in [0.4, 0.5) is 0 Å². The van der Waals surface area contributed by atoms with Crippen molar-refractivity contribution in [3.05, 3.63) is 47.7 Å². The molecular weight excluding hydrogens is 266 g/mol. The largest absolute Gasteiger partial charge is 0.453 e. The number of hydrogen-bond acceptors (Lipinski definition) is 5. The topological polar surface area (TPSA) is 43.1 Å². The summed E-state index contributed by atoms with van der Waals surface area (Å²) in [6.07, 6.45) is 1.73. The van der Waals surface area contributed by atoms with Gasteiger partial charge in [-0.2, -0.15) is 0 Å². The summed E-state index contributed by atoms with van der Waals surface area (Å²) < 4.78 is 6.42. The molecule has 0 N–H and O–H groups in total. The molecule has 0 saturated carbocycles. The smallest absolute Gasteiger partial charge is 0.208 e. The monoisotopic (exact) mass is 275 g/mol. The number of ketones is 1. The molecule has 0 radical (unpaired) electrons. The molecule has 1 aromatic carbocycles. The zero-order valence-electron chi connectivity index (χ0n) is 9.33. The van der Waals surface area contributed by atoms with Gasteiger partial charge in [-0.1, -0.05) is 30.0 Å². The third-order valence-electron chi connectivity index (χ3n) is 2.44. The maximum Gasteiger partial charge on any atom is 0.208 e. The molecule has 0 bridgehead atoms. The Kier molecular flexibility index (Phi) is 3.17. The normalized spacial score (nSPS) is 10.9. The Bertz CT molecular complexity index is 640. The van der Waals surface area contributed by atoms with Gasteiger partial charge in [-0.15, -0.1) is 11.3 Å². The lowest BCUT2D eigenvalue weighted by molar-refractivity contribution is 0.0994. The number of benzene rings is 1. The Morgan fingerprint density at radius 1 is 1.39 bits per heavy atom. The van der Waals surface area contributed by atoms with Crippen LogP contribution in [-0.4, -0.2) is 16.5 Å². The second-order valence-electron chi connectivity index (χ2n) is 3.66. The highest BCUT2D eigenvalue weighted by atomic mass is 32.2. The highest BCUT2D eigenvalue weighted by Gasteiger charge is 2.13. The summed E-state index contributed by atoms with van der Waals surface area (Å²) in [4.78, 5) is 16.1. The van der Waals surface area contributed by atoms with E-state index in [1.807, 2.05) is 29.6 Å². The van der Waals surface area contributed by atoms with Gasteiger partial charge in [0.25, 0.3) is 0 Å². The second-order valence-corrected chi connectivity index (χ2v) is 5.78.